The van der Waals surface area contributed by atoms with E-state index in [2.05, 4.69) is 25.3 Å². The molecule has 2 aliphatic carbocycles. The zero-order valence-electron chi connectivity index (χ0n) is 30.2. The first-order chi connectivity index (χ1) is 25.0. The molecule has 12 nitrogen and oxygen atoms in total. The molecular weight excluding hydrogens is 662 g/mol. The zero-order valence-corrected chi connectivity index (χ0v) is 30.2. The van der Waals surface area contributed by atoms with E-state index in [9.17, 15) is 14.4 Å². The third-order valence-electron chi connectivity index (χ3n) is 9.44. The minimum atomic E-state index is -1.01. The predicted molar refractivity (Wildman–Crippen MR) is 194 cm³/mol. The van der Waals surface area contributed by atoms with Crippen LogP contribution in [0.1, 0.15) is 77.6 Å². The lowest BCUT2D eigenvalue weighted by atomic mass is 9.79. The first-order valence-corrected chi connectivity index (χ1v) is 18.1. The summed E-state index contributed by atoms with van der Waals surface area (Å²) in [5, 5.41) is 4.46. The molecule has 1 unspecified atom stereocenters. The van der Waals surface area contributed by atoms with Crippen LogP contribution in [0.25, 0.3) is 22.1 Å². The summed E-state index contributed by atoms with van der Waals surface area (Å²) in [6.07, 6.45) is 10.0. The molecule has 274 valence electrons. The van der Waals surface area contributed by atoms with Crippen molar-refractivity contribution in [3.8, 4) is 0 Å². The van der Waals surface area contributed by atoms with Gasteiger partial charge in [-0.2, -0.15) is 0 Å². The van der Waals surface area contributed by atoms with Gasteiger partial charge in [0.15, 0.2) is 17.4 Å². The number of esters is 2. The van der Waals surface area contributed by atoms with Crippen molar-refractivity contribution in [3.63, 3.8) is 0 Å². The molecule has 4 aromatic heterocycles. The van der Waals surface area contributed by atoms with Crippen LogP contribution in [0, 0.1) is 11.8 Å². The normalized spacial score (nSPS) is 20.8. The summed E-state index contributed by atoms with van der Waals surface area (Å²) in [7, 11) is 0. The Hall–Kier alpha value is -4.81. The van der Waals surface area contributed by atoms with E-state index in [0.29, 0.717) is 11.8 Å². The van der Waals surface area contributed by atoms with E-state index in [1.165, 1.54) is 6.08 Å². The number of alkyl carbamates (subject to hydrolysis) is 1. The van der Waals surface area contributed by atoms with Crippen LogP contribution in [0.15, 0.2) is 72.7 Å². The van der Waals surface area contributed by atoms with Crippen molar-refractivity contribution in [2.75, 3.05) is 6.61 Å². The lowest BCUT2D eigenvalue weighted by Gasteiger charge is -2.36. The van der Waals surface area contributed by atoms with Gasteiger partial charge < -0.3 is 18.9 Å². The van der Waals surface area contributed by atoms with E-state index < -0.39 is 29.7 Å². The fraction of sp³-hybridized carbons (Fsp3) is 0.475. The molecule has 2 aliphatic rings. The number of carbonyl (C=O) groups is 3. The first-order valence-electron chi connectivity index (χ1n) is 18.1. The molecule has 1 atom stereocenters. The van der Waals surface area contributed by atoms with Crippen molar-refractivity contribution >= 4 is 40.1 Å². The SMILES string of the molecule is CC(OC1CC(CCc2ccc3cccnc3n2)C1)C(=O)OC(=O)/C(=C\COC1CC(CCc2ccc3cccnc3n2)C1)NC(=O)OC(C)(C)C. The van der Waals surface area contributed by atoms with Crippen LogP contribution in [0.3, 0.4) is 0 Å². The number of aromatic nitrogens is 4. The standard InChI is InChI=1S/C40H47N5O7/c1-25(50-33-23-27(24-33)10-14-31-16-12-29-8-6-19-42-36(29)44-31)37(46)51-38(47)34(45-39(48)52-40(2,3)4)17-20-49-32-21-26(22-32)9-13-30-15-11-28-7-5-18-41-35(28)43-30/h5-8,11-12,15-19,25-27,32-33H,9-10,13-14,20-24H2,1-4H3,(H,45,48)/b34-17+. The maximum Gasteiger partial charge on any atom is 0.412 e. The number of carbonyl (C=O) groups excluding carboxylic acids is 3. The number of fused-ring (bicyclic) bond motifs is 2. The number of hydrogen-bond acceptors (Lipinski definition) is 11. The summed E-state index contributed by atoms with van der Waals surface area (Å²) in [5.41, 5.74) is 2.49. The lowest BCUT2D eigenvalue weighted by Crippen LogP contribution is -2.39. The molecule has 0 bridgehead atoms. The highest BCUT2D eigenvalue weighted by Gasteiger charge is 2.34. The lowest BCUT2D eigenvalue weighted by molar-refractivity contribution is -0.171. The highest BCUT2D eigenvalue weighted by molar-refractivity contribution is 5.99. The molecule has 12 heteroatoms. The molecule has 6 rings (SSSR count). The highest BCUT2D eigenvalue weighted by atomic mass is 16.6. The third-order valence-corrected chi connectivity index (χ3v) is 9.44. The molecule has 0 spiro atoms. The third kappa shape index (κ3) is 10.4. The summed E-state index contributed by atoms with van der Waals surface area (Å²) in [6.45, 7) is 6.74. The zero-order chi connectivity index (χ0) is 36.7. The molecule has 52 heavy (non-hydrogen) atoms. The van der Waals surface area contributed by atoms with Crippen LogP contribution in [-0.4, -0.2) is 68.5 Å². The van der Waals surface area contributed by atoms with Crippen LogP contribution >= 0.6 is 0 Å². The molecule has 2 fully saturated rings. The van der Waals surface area contributed by atoms with Crippen LogP contribution in [-0.2, 0) is 41.4 Å². The molecule has 1 N–H and O–H groups in total. The molecule has 1 amide bonds. The van der Waals surface area contributed by atoms with E-state index in [4.69, 9.17) is 18.9 Å². The van der Waals surface area contributed by atoms with Crippen LogP contribution in [0.2, 0.25) is 0 Å². The summed E-state index contributed by atoms with van der Waals surface area (Å²) < 4.78 is 22.3. The van der Waals surface area contributed by atoms with Crippen molar-refractivity contribution < 1.29 is 33.3 Å². The van der Waals surface area contributed by atoms with E-state index in [1.807, 2.05) is 48.5 Å². The van der Waals surface area contributed by atoms with Gasteiger partial charge in [0, 0.05) is 34.6 Å². The quantitative estimate of drug-likeness (QED) is 0.0857. The summed E-state index contributed by atoms with van der Waals surface area (Å²) in [6, 6.07) is 16.0. The Bertz CT molecular complexity index is 1910. The van der Waals surface area contributed by atoms with Gasteiger partial charge in [-0.05, 0) is 146 Å². The summed E-state index contributed by atoms with van der Waals surface area (Å²) in [4.78, 5) is 56.5. The second-order valence-electron chi connectivity index (χ2n) is 14.8. The van der Waals surface area contributed by atoms with Gasteiger partial charge in [0.2, 0.25) is 0 Å². The Morgan fingerprint density at radius 2 is 1.38 bits per heavy atom. The first kappa shape index (κ1) is 37.0. The van der Waals surface area contributed by atoms with Crippen LogP contribution in [0.5, 0.6) is 0 Å². The molecule has 2 saturated carbocycles. The summed E-state index contributed by atoms with van der Waals surface area (Å²) in [5.74, 6) is -0.891. The topological polar surface area (TPSA) is 152 Å². The molecule has 4 heterocycles. The monoisotopic (exact) mass is 709 g/mol. The van der Waals surface area contributed by atoms with Crippen LogP contribution < -0.4 is 5.32 Å². The Balaban J connectivity index is 0.926. The Labute approximate surface area is 303 Å². The van der Waals surface area contributed by atoms with Gasteiger partial charge >= 0.3 is 18.0 Å². The number of nitrogens with one attached hydrogen (secondary N) is 1. The summed E-state index contributed by atoms with van der Waals surface area (Å²) >= 11 is 0. The number of rotatable bonds is 14. The van der Waals surface area contributed by atoms with Crippen molar-refractivity contribution in [2.45, 2.75) is 103 Å². The van der Waals surface area contributed by atoms with Crippen LogP contribution in [0.4, 0.5) is 4.79 Å². The largest absolute Gasteiger partial charge is 0.444 e. The highest BCUT2D eigenvalue weighted by Crippen LogP contribution is 2.35. The number of nitrogens with zero attached hydrogens (tertiary/aromatic N) is 4. The number of hydrogen-bond donors (Lipinski definition) is 1. The second-order valence-corrected chi connectivity index (χ2v) is 14.8. The fourth-order valence-corrected chi connectivity index (χ4v) is 6.47. The van der Waals surface area contributed by atoms with Gasteiger partial charge in [-0.1, -0.05) is 0 Å². The van der Waals surface area contributed by atoms with Gasteiger partial charge in [0.05, 0.1) is 18.8 Å². The van der Waals surface area contributed by atoms with Gasteiger partial charge in [-0.3, -0.25) is 5.32 Å². The minimum Gasteiger partial charge on any atom is -0.444 e. The Morgan fingerprint density at radius 1 is 0.827 bits per heavy atom. The smallest absolute Gasteiger partial charge is 0.412 e. The number of pyridine rings is 4. The fourth-order valence-electron chi connectivity index (χ4n) is 6.47. The molecular formula is C40H47N5O7. The van der Waals surface area contributed by atoms with Gasteiger partial charge in [0.1, 0.15) is 11.3 Å². The molecule has 0 aromatic carbocycles. The maximum atomic E-state index is 13.1. The molecule has 0 aliphatic heterocycles. The predicted octanol–water partition coefficient (Wildman–Crippen LogP) is 6.60. The van der Waals surface area contributed by atoms with E-state index in [1.54, 1.807) is 40.1 Å². The molecule has 0 saturated heterocycles. The van der Waals surface area contributed by atoms with Crippen molar-refractivity contribution in [3.05, 3.63) is 84.1 Å². The Kier molecular flexibility index (Phi) is 11.9. The van der Waals surface area contributed by atoms with Gasteiger partial charge in [0.25, 0.3) is 0 Å². The molecule has 0 radical (unpaired) electrons. The van der Waals surface area contributed by atoms with Crippen molar-refractivity contribution in [1.29, 1.82) is 0 Å². The van der Waals surface area contributed by atoms with Crippen molar-refractivity contribution in [2.24, 2.45) is 11.8 Å². The van der Waals surface area contributed by atoms with Gasteiger partial charge in [-0.15, -0.1) is 0 Å². The van der Waals surface area contributed by atoms with E-state index in [0.717, 1.165) is 84.8 Å². The number of aryl methyl sites for hydroxylation is 2. The second kappa shape index (κ2) is 16.7. The minimum absolute atomic E-state index is 0.0217. The Morgan fingerprint density at radius 3 is 1.94 bits per heavy atom. The van der Waals surface area contributed by atoms with Gasteiger partial charge in [-0.25, -0.2) is 34.3 Å². The maximum absolute atomic E-state index is 13.1. The average Bonchev–Trinajstić information content (AvgIpc) is 3.08. The van der Waals surface area contributed by atoms with Crippen molar-refractivity contribution in [1.82, 2.24) is 25.3 Å². The molecule has 4 aromatic rings. The number of amides is 1. The number of ether oxygens (including phenoxy) is 4. The van der Waals surface area contributed by atoms with E-state index >= 15 is 0 Å². The average molecular weight is 710 g/mol. The van der Waals surface area contributed by atoms with E-state index in [-0.39, 0.29) is 24.5 Å².